The maximum absolute atomic E-state index is 13.5. The number of rotatable bonds is 4. The van der Waals surface area contributed by atoms with Crippen molar-refractivity contribution in [1.82, 2.24) is 0 Å². The van der Waals surface area contributed by atoms with Crippen LogP contribution in [-0.4, -0.2) is 29.1 Å². The van der Waals surface area contributed by atoms with Gasteiger partial charge in [0.15, 0.2) is 0 Å². The Hall–Kier alpha value is -1.87. The van der Waals surface area contributed by atoms with E-state index in [-0.39, 0.29) is 0 Å². The molecule has 0 atom stereocenters. The summed E-state index contributed by atoms with van der Waals surface area (Å²) in [7, 11) is 0. The van der Waals surface area contributed by atoms with Crippen LogP contribution in [0, 0.1) is 0 Å². The number of halogens is 9. The fourth-order valence-electron chi connectivity index (χ4n) is 1.41. The SMILES string of the molecule is C=C(c1ccc(O)cc1)C(F)(F)C(F)(F)C(F)(F)C(F)(F)F. The first kappa shape index (κ1) is 18.2. The fraction of sp³-hybridized carbons (Fsp3) is 0.333. The van der Waals surface area contributed by atoms with E-state index in [0.29, 0.717) is 12.1 Å². The summed E-state index contributed by atoms with van der Waals surface area (Å²) in [5.74, 6) is -20.1. The summed E-state index contributed by atoms with van der Waals surface area (Å²) < 4.78 is 115. The quantitative estimate of drug-likeness (QED) is 0.777. The summed E-state index contributed by atoms with van der Waals surface area (Å²) in [5, 5.41) is 8.90. The van der Waals surface area contributed by atoms with Crippen LogP contribution in [0.25, 0.3) is 5.57 Å². The van der Waals surface area contributed by atoms with Gasteiger partial charge in [-0.05, 0) is 17.7 Å². The van der Waals surface area contributed by atoms with Crippen molar-refractivity contribution in [3.05, 3.63) is 36.4 Å². The summed E-state index contributed by atoms with van der Waals surface area (Å²) in [6.07, 6.45) is -6.88. The Labute approximate surface area is 117 Å². The summed E-state index contributed by atoms with van der Waals surface area (Å²) in [6.45, 7) is 2.48. The molecule has 0 radical (unpaired) electrons. The second-order valence-corrected chi connectivity index (χ2v) is 4.25. The van der Waals surface area contributed by atoms with Crippen LogP contribution in [0.1, 0.15) is 5.56 Å². The van der Waals surface area contributed by atoms with Gasteiger partial charge >= 0.3 is 23.9 Å². The Morgan fingerprint density at radius 3 is 1.55 bits per heavy atom. The Morgan fingerprint density at radius 2 is 1.18 bits per heavy atom. The Morgan fingerprint density at radius 1 is 0.773 bits per heavy atom. The fourth-order valence-corrected chi connectivity index (χ4v) is 1.41. The van der Waals surface area contributed by atoms with E-state index in [1.54, 1.807) is 0 Å². The first-order chi connectivity index (χ1) is 9.66. The van der Waals surface area contributed by atoms with Crippen molar-refractivity contribution in [1.29, 1.82) is 0 Å². The van der Waals surface area contributed by atoms with E-state index in [1.807, 2.05) is 0 Å². The van der Waals surface area contributed by atoms with E-state index >= 15 is 0 Å². The average Bonchev–Trinajstić information content (AvgIpc) is 2.37. The third-order valence-electron chi connectivity index (χ3n) is 2.74. The largest absolute Gasteiger partial charge is 0.508 e. The number of benzene rings is 1. The highest BCUT2D eigenvalue weighted by Crippen LogP contribution is 2.56. The minimum Gasteiger partial charge on any atom is -0.508 e. The van der Waals surface area contributed by atoms with Crippen LogP contribution in [0.4, 0.5) is 39.5 Å². The Bertz CT molecular complexity index is 557. The van der Waals surface area contributed by atoms with Gasteiger partial charge in [-0.1, -0.05) is 18.7 Å². The molecule has 1 N–H and O–H groups in total. The van der Waals surface area contributed by atoms with Crippen LogP contribution >= 0.6 is 0 Å². The van der Waals surface area contributed by atoms with E-state index in [2.05, 4.69) is 6.58 Å². The summed E-state index contributed by atoms with van der Waals surface area (Å²) in [5.41, 5.74) is -2.78. The zero-order chi connectivity index (χ0) is 17.6. The van der Waals surface area contributed by atoms with Crippen LogP contribution in [0.3, 0.4) is 0 Å². The van der Waals surface area contributed by atoms with Gasteiger partial charge in [0, 0.05) is 5.57 Å². The van der Waals surface area contributed by atoms with Gasteiger partial charge in [-0.15, -0.1) is 0 Å². The zero-order valence-electron chi connectivity index (χ0n) is 10.4. The third kappa shape index (κ3) is 2.61. The lowest BCUT2D eigenvalue weighted by atomic mass is 9.93. The van der Waals surface area contributed by atoms with Gasteiger partial charge in [0.1, 0.15) is 5.75 Å². The van der Waals surface area contributed by atoms with Crippen LogP contribution < -0.4 is 0 Å². The first-order valence-corrected chi connectivity index (χ1v) is 5.35. The smallest absolute Gasteiger partial charge is 0.460 e. The van der Waals surface area contributed by atoms with Crippen LogP contribution in [-0.2, 0) is 0 Å². The Kier molecular flexibility index (Phi) is 4.21. The highest BCUT2D eigenvalue weighted by molar-refractivity contribution is 5.70. The number of phenolic OH excluding ortho intramolecular Hbond substituents is 1. The minimum absolute atomic E-state index is 0.466. The van der Waals surface area contributed by atoms with E-state index in [9.17, 15) is 39.5 Å². The molecule has 1 nitrogen and oxygen atoms in total. The molecule has 0 aliphatic heterocycles. The predicted octanol–water partition coefficient (Wildman–Crippen LogP) is 4.87. The summed E-state index contributed by atoms with van der Waals surface area (Å²) >= 11 is 0. The molecule has 0 aromatic heterocycles. The van der Waals surface area contributed by atoms with Crippen molar-refractivity contribution in [3.8, 4) is 5.75 Å². The summed E-state index contributed by atoms with van der Waals surface area (Å²) in [4.78, 5) is 0. The van der Waals surface area contributed by atoms with Gasteiger partial charge < -0.3 is 5.11 Å². The van der Waals surface area contributed by atoms with Gasteiger partial charge in [-0.3, -0.25) is 0 Å². The molecule has 0 saturated heterocycles. The van der Waals surface area contributed by atoms with E-state index in [1.165, 1.54) is 0 Å². The van der Waals surface area contributed by atoms with Gasteiger partial charge in [-0.2, -0.15) is 39.5 Å². The number of hydrogen-bond donors (Lipinski definition) is 1. The maximum Gasteiger partial charge on any atom is 0.460 e. The number of hydrogen-bond acceptors (Lipinski definition) is 1. The number of phenols is 1. The van der Waals surface area contributed by atoms with Gasteiger partial charge in [0.2, 0.25) is 0 Å². The third-order valence-corrected chi connectivity index (χ3v) is 2.74. The second kappa shape index (κ2) is 5.10. The van der Waals surface area contributed by atoms with Crippen molar-refractivity contribution in [3.63, 3.8) is 0 Å². The molecule has 22 heavy (non-hydrogen) atoms. The van der Waals surface area contributed by atoms with E-state index in [4.69, 9.17) is 5.11 Å². The molecule has 0 unspecified atom stereocenters. The van der Waals surface area contributed by atoms with Gasteiger partial charge in [0.05, 0.1) is 0 Å². The van der Waals surface area contributed by atoms with E-state index < -0.39 is 40.8 Å². The lowest BCUT2D eigenvalue weighted by Gasteiger charge is -2.34. The maximum atomic E-state index is 13.5. The van der Waals surface area contributed by atoms with Crippen molar-refractivity contribution >= 4 is 5.57 Å². The Balaban J connectivity index is 3.32. The van der Waals surface area contributed by atoms with Gasteiger partial charge in [0.25, 0.3) is 0 Å². The molecule has 1 rings (SSSR count). The molecule has 0 heterocycles. The standard InChI is InChI=1S/C12H7F9O/c1-6(7-2-4-8(22)5-3-7)9(13,14)10(15,16)11(17,18)12(19,20)21/h2-5,22H,1H2. The molecule has 124 valence electrons. The number of allylic oxidation sites excluding steroid dienone is 1. The molecular formula is C12H7F9O. The molecule has 0 spiro atoms. The monoisotopic (exact) mass is 338 g/mol. The lowest BCUT2D eigenvalue weighted by Crippen LogP contribution is -2.61. The van der Waals surface area contributed by atoms with E-state index in [0.717, 1.165) is 12.1 Å². The zero-order valence-corrected chi connectivity index (χ0v) is 10.4. The van der Waals surface area contributed by atoms with Gasteiger partial charge in [-0.25, -0.2) is 0 Å². The van der Waals surface area contributed by atoms with Crippen LogP contribution in [0.2, 0.25) is 0 Å². The molecule has 1 aromatic carbocycles. The first-order valence-electron chi connectivity index (χ1n) is 5.35. The van der Waals surface area contributed by atoms with Crippen molar-refractivity contribution < 1.29 is 44.6 Å². The lowest BCUT2D eigenvalue weighted by molar-refractivity contribution is -0.386. The summed E-state index contributed by atoms with van der Waals surface area (Å²) in [6, 6.07) is 2.73. The molecule has 1 aromatic rings. The predicted molar refractivity (Wildman–Crippen MR) is 58.0 cm³/mol. The molecule has 10 heteroatoms. The molecule has 0 saturated carbocycles. The van der Waals surface area contributed by atoms with Crippen LogP contribution in [0.15, 0.2) is 30.8 Å². The molecule has 0 bridgehead atoms. The van der Waals surface area contributed by atoms with Crippen LogP contribution in [0.5, 0.6) is 5.75 Å². The average molecular weight is 338 g/mol. The normalized spacial score (nSPS) is 14.0. The highest BCUT2D eigenvalue weighted by atomic mass is 19.4. The molecule has 0 amide bonds. The molecular weight excluding hydrogens is 331 g/mol. The number of alkyl halides is 9. The van der Waals surface area contributed by atoms with Crippen molar-refractivity contribution in [2.45, 2.75) is 23.9 Å². The number of aromatic hydroxyl groups is 1. The second-order valence-electron chi connectivity index (χ2n) is 4.25. The minimum atomic E-state index is -6.97. The van der Waals surface area contributed by atoms with Crippen molar-refractivity contribution in [2.75, 3.05) is 0 Å². The van der Waals surface area contributed by atoms with Crippen molar-refractivity contribution in [2.24, 2.45) is 0 Å². The molecule has 0 aliphatic rings. The highest BCUT2D eigenvalue weighted by Gasteiger charge is 2.82. The topological polar surface area (TPSA) is 20.2 Å². The molecule has 0 aliphatic carbocycles. The molecule has 0 fully saturated rings.